The molecule has 37 heavy (non-hydrogen) atoms. The van der Waals surface area contributed by atoms with Crippen LogP contribution in [-0.2, 0) is 26.2 Å². The quantitative estimate of drug-likeness (QED) is 0.363. The number of fused-ring (bicyclic) bond motifs is 1. The van der Waals surface area contributed by atoms with Crippen molar-refractivity contribution in [1.29, 1.82) is 0 Å². The molecule has 3 rings (SSSR count). The van der Waals surface area contributed by atoms with Gasteiger partial charge in [-0.05, 0) is 53.9 Å². The number of unbranched alkanes of at least 4 members (excludes halogenated alkanes) is 1. The highest BCUT2D eigenvalue weighted by Gasteiger charge is 2.30. The maximum atomic E-state index is 13.5. The Hall–Kier alpha value is -3.43. The van der Waals surface area contributed by atoms with Gasteiger partial charge in [-0.25, -0.2) is 8.42 Å². The van der Waals surface area contributed by atoms with Gasteiger partial charge in [0.15, 0.2) is 0 Å². The van der Waals surface area contributed by atoms with E-state index in [2.05, 4.69) is 5.32 Å². The standard InChI is InChI=1S/C28H35N3O5S/c1-5-6-17-29-28(33)21(2)31(19-22-11-14-25(36-4)15-12-22)27(32)20-30(3)37(34,35)26-16-13-23-9-7-8-10-24(23)18-26/h7-16,18,21H,5-6,17,19-20H2,1-4H3,(H,29,33)/t21-/m1/s1. The van der Waals surface area contributed by atoms with E-state index in [9.17, 15) is 18.0 Å². The lowest BCUT2D eigenvalue weighted by molar-refractivity contribution is -0.140. The molecular formula is C28H35N3O5S. The molecule has 8 nitrogen and oxygen atoms in total. The molecule has 2 amide bonds. The van der Waals surface area contributed by atoms with Gasteiger partial charge in [-0.3, -0.25) is 9.59 Å². The Labute approximate surface area is 219 Å². The molecule has 0 unspecified atom stereocenters. The third-order valence-electron chi connectivity index (χ3n) is 6.30. The minimum absolute atomic E-state index is 0.105. The van der Waals surface area contributed by atoms with Gasteiger partial charge in [0.05, 0.1) is 18.6 Å². The number of carbonyl (C=O) groups excluding carboxylic acids is 2. The number of methoxy groups -OCH3 is 1. The molecule has 0 saturated carbocycles. The molecule has 1 N–H and O–H groups in total. The van der Waals surface area contributed by atoms with Crippen LogP contribution in [0.3, 0.4) is 0 Å². The molecule has 3 aromatic carbocycles. The van der Waals surface area contributed by atoms with E-state index in [1.54, 1.807) is 38.3 Å². The molecule has 9 heteroatoms. The zero-order chi connectivity index (χ0) is 27.0. The van der Waals surface area contributed by atoms with Crippen molar-refractivity contribution in [2.75, 3.05) is 27.2 Å². The van der Waals surface area contributed by atoms with Gasteiger partial charge in [-0.15, -0.1) is 0 Å². The topological polar surface area (TPSA) is 96.0 Å². The number of ether oxygens (including phenoxy) is 1. The Morgan fingerprint density at radius 3 is 2.32 bits per heavy atom. The summed E-state index contributed by atoms with van der Waals surface area (Å²) in [7, 11) is -0.992. The van der Waals surface area contributed by atoms with Crippen molar-refractivity contribution in [2.24, 2.45) is 0 Å². The summed E-state index contributed by atoms with van der Waals surface area (Å²) in [6, 6.07) is 18.8. The average molecular weight is 526 g/mol. The summed E-state index contributed by atoms with van der Waals surface area (Å²) in [4.78, 5) is 27.8. The summed E-state index contributed by atoms with van der Waals surface area (Å²) in [5.74, 6) is -0.0793. The third kappa shape index (κ3) is 7.08. The molecule has 1 atom stereocenters. The highest BCUT2D eigenvalue weighted by Crippen LogP contribution is 2.22. The number of carbonyl (C=O) groups is 2. The van der Waals surface area contributed by atoms with Crippen LogP contribution in [0.25, 0.3) is 10.8 Å². The number of nitrogens with one attached hydrogen (secondary N) is 1. The largest absolute Gasteiger partial charge is 0.497 e. The van der Waals surface area contributed by atoms with Crippen LogP contribution < -0.4 is 10.1 Å². The summed E-state index contributed by atoms with van der Waals surface area (Å²) in [5, 5.41) is 4.58. The summed E-state index contributed by atoms with van der Waals surface area (Å²) in [6.07, 6.45) is 1.76. The SMILES string of the molecule is CCCCNC(=O)[C@@H](C)N(Cc1ccc(OC)cc1)C(=O)CN(C)S(=O)(=O)c1ccc2ccccc2c1. The van der Waals surface area contributed by atoms with E-state index >= 15 is 0 Å². The summed E-state index contributed by atoms with van der Waals surface area (Å²) in [5.41, 5.74) is 0.794. The van der Waals surface area contributed by atoms with E-state index in [0.717, 1.165) is 33.5 Å². The Morgan fingerprint density at radius 2 is 1.68 bits per heavy atom. The second kappa shape index (κ2) is 12.7. The predicted octanol–water partition coefficient (Wildman–Crippen LogP) is 3.80. The van der Waals surface area contributed by atoms with Crippen molar-refractivity contribution in [3.05, 3.63) is 72.3 Å². The van der Waals surface area contributed by atoms with Crippen molar-refractivity contribution in [1.82, 2.24) is 14.5 Å². The number of sulfonamides is 1. The summed E-state index contributed by atoms with van der Waals surface area (Å²) in [6.45, 7) is 3.94. The van der Waals surface area contributed by atoms with E-state index in [1.807, 2.05) is 43.3 Å². The van der Waals surface area contributed by atoms with Gasteiger partial charge < -0.3 is 15.0 Å². The Balaban J connectivity index is 1.82. The monoisotopic (exact) mass is 525 g/mol. The second-order valence-electron chi connectivity index (χ2n) is 8.96. The van der Waals surface area contributed by atoms with Crippen molar-refractivity contribution < 1.29 is 22.7 Å². The number of rotatable bonds is 12. The fraction of sp³-hybridized carbons (Fsp3) is 0.357. The second-order valence-corrected chi connectivity index (χ2v) is 11.0. The van der Waals surface area contributed by atoms with Crippen molar-refractivity contribution in [3.63, 3.8) is 0 Å². The highest BCUT2D eigenvalue weighted by atomic mass is 32.2. The van der Waals surface area contributed by atoms with Crippen molar-refractivity contribution in [2.45, 2.75) is 44.2 Å². The molecule has 198 valence electrons. The van der Waals surface area contributed by atoms with Crippen LogP contribution in [0.2, 0.25) is 0 Å². The molecule has 0 heterocycles. The molecule has 0 fully saturated rings. The number of hydrogen-bond donors (Lipinski definition) is 1. The average Bonchev–Trinajstić information content (AvgIpc) is 2.91. The lowest BCUT2D eigenvalue weighted by atomic mass is 10.1. The minimum atomic E-state index is -3.94. The van der Waals surface area contributed by atoms with Gasteiger partial charge in [0.1, 0.15) is 11.8 Å². The van der Waals surface area contributed by atoms with E-state index in [1.165, 1.54) is 18.0 Å². The predicted molar refractivity (Wildman–Crippen MR) is 145 cm³/mol. The lowest BCUT2D eigenvalue weighted by Crippen LogP contribution is -2.50. The van der Waals surface area contributed by atoms with Crippen LogP contribution in [0, 0.1) is 0 Å². The molecule has 0 aromatic heterocycles. The van der Waals surface area contributed by atoms with Gasteiger partial charge >= 0.3 is 0 Å². The smallest absolute Gasteiger partial charge is 0.243 e. The third-order valence-corrected chi connectivity index (χ3v) is 8.10. The molecule has 3 aromatic rings. The molecule has 0 aliphatic rings. The number of likely N-dealkylation sites (N-methyl/N-ethyl adjacent to an activating group) is 1. The first kappa shape index (κ1) is 28.1. The first-order chi connectivity index (χ1) is 17.7. The van der Waals surface area contributed by atoms with Gasteiger partial charge in [0, 0.05) is 20.1 Å². The van der Waals surface area contributed by atoms with E-state index in [-0.39, 0.29) is 17.3 Å². The number of amides is 2. The fourth-order valence-electron chi connectivity index (χ4n) is 3.92. The van der Waals surface area contributed by atoms with Crippen molar-refractivity contribution >= 4 is 32.6 Å². The van der Waals surface area contributed by atoms with Gasteiger partial charge in [-0.1, -0.05) is 55.8 Å². The highest BCUT2D eigenvalue weighted by molar-refractivity contribution is 7.89. The minimum Gasteiger partial charge on any atom is -0.497 e. The van der Waals surface area contributed by atoms with Crippen molar-refractivity contribution in [3.8, 4) is 5.75 Å². The van der Waals surface area contributed by atoms with Crippen LogP contribution in [0.4, 0.5) is 0 Å². The van der Waals surface area contributed by atoms with Crippen LogP contribution in [0.15, 0.2) is 71.6 Å². The maximum Gasteiger partial charge on any atom is 0.243 e. The first-order valence-electron chi connectivity index (χ1n) is 12.3. The van der Waals surface area contributed by atoms with Crippen LogP contribution >= 0.6 is 0 Å². The Morgan fingerprint density at radius 1 is 1.00 bits per heavy atom. The number of nitrogens with zero attached hydrogens (tertiary/aromatic N) is 2. The van der Waals surface area contributed by atoms with Gasteiger partial charge in [0.25, 0.3) is 0 Å². The zero-order valence-electron chi connectivity index (χ0n) is 21.8. The maximum absolute atomic E-state index is 13.5. The van der Waals surface area contributed by atoms with E-state index in [0.29, 0.717) is 12.3 Å². The van der Waals surface area contributed by atoms with Crippen LogP contribution in [-0.4, -0.2) is 62.7 Å². The molecule has 0 aliphatic heterocycles. The Kier molecular flexibility index (Phi) is 9.66. The molecule has 0 radical (unpaired) electrons. The fourth-order valence-corrected chi connectivity index (χ4v) is 5.08. The molecule has 0 bridgehead atoms. The number of benzene rings is 3. The van der Waals surface area contributed by atoms with Crippen LogP contribution in [0.1, 0.15) is 32.3 Å². The molecule has 0 aliphatic carbocycles. The summed E-state index contributed by atoms with van der Waals surface area (Å²) >= 11 is 0. The van der Waals surface area contributed by atoms with Gasteiger partial charge in [0.2, 0.25) is 21.8 Å². The lowest BCUT2D eigenvalue weighted by Gasteiger charge is -2.30. The Bertz CT molecular complexity index is 1330. The van der Waals surface area contributed by atoms with E-state index in [4.69, 9.17) is 4.74 Å². The normalized spacial score (nSPS) is 12.4. The number of hydrogen-bond acceptors (Lipinski definition) is 5. The van der Waals surface area contributed by atoms with Gasteiger partial charge in [-0.2, -0.15) is 4.31 Å². The molecule has 0 saturated heterocycles. The zero-order valence-corrected chi connectivity index (χ0v) is 22.6. The van der Waals surface area contributed by atoms with E-state index < -0.39 is 28.5 Å². The van der Waals surface area contributed by atoms with Crippen LogP contribution in [0.5, 0.6) is 5.75 Å². The molecular weight excluding hydrogens is 490 g/mol. The summed E-state index contributed by atoms with van der Waals surface area (Å²) < 4.78 is 32.8. The first-order valence-corrected chi connectivity index (χ1v) is 13.8. The molecule has 0 spiro atoms.